The minimum absolute atomic E-state index is 0.112. The predicted molar refractivity (Wildman–Crippen MR) is 93.3 cm³/mol. The maximum absolute atomic E-state index is 12.4. The molecule has 2 rings (SSSR count). The number of hydrogen-bond acceptors (Lipinski definition) is 4. The van der Waals surface area contributed by atoms with Crippen LogP contribution in [0.15, 0.2) is 28.8 Å². The molecule has 6 nitrogen and oxygen atoms in total. The number of aliphatic carboxylic acids is 1. The number of carbonyl (C=O) groups is 2. The molecule has 2 aromatic rings. The van der Waals surface area contributed by atoms with Crippen LogP contribution in [0.5, 0.6) is 0 Å². The zero-order valence-corrected chi connectivity index (χ0v) is 15.0. The summed E-state index contributed by atoms with van der Waals surface area (Å²) >= 11 is 0. The highest BCUT2D eigenvalue weighted by molar-refractivity contribution is 5.80. The van der Waals surface area contributed by atoms with E-state index in [1.54, 1.807) is 13.8 Å². The lowest BCUT2D eigenvalue weighted by Crippen LogP contribution is -2.31. The highest BCUT2D eigenvalue weighted by Gasteiger charge is 2.20. The fourth-order valence-electron chi connectivity index (χ4n) is 2.70. The summed E-state index contributed by atoms with van der Waals surface area (Å²) in [5.74, 6) is -0.228. The van der Waals surface area contributed by atoms with E-state index in [-0.39, 0.29) is 18.7 Å². The standard InChI is InChI=1S/C19H24N2O4/c1-11(2)14-5-7-15(8-6-14)17(10-19(23)24)20-18(22)9-16-12(3)21-25-13(16)4/h5-8,11,17H,9-10H2,1-4H3,(H,20,22)(H,23,24)/t17-/m1/s1. The van der Waals surface area contributed by atoms with Gasteiger partial charge in [-0.3, -0.25) is 9.59 Å². The van der Waals surface area contributed by atoms with E-state index in [9.17, 15) is 9.59 Å². The molecule has 0 unspecified atom stereocenters. The zero-order valence-electron chi connectivity index (χ0n) is 15.0. The number of aryl methyl sites for hydroxylation is 2. The van der Waals surface area contributed by atoms with Gasteiger partial charge in [0, 0.05) is 5.56 Å². The first-order valence-corrected chi connectivity index (χ1v) is 8.30. The van der Waals surface area contributed by atoms with Crippen molar-refractivity contribution in [1.29, 1.82) is 0 Å². The first kappa shape index (κ1) is 18.7. The van der Waals surface area contributed by atoms with Crippen LogP contribution in [0, 0.1) is 13.8 Å². The van der Waals surface area contributed by atoms with Gasteiger partial charge in [-0.1, -0.05) is 43.3 Å². The number of nitrogens with zero attached hydrogens (tertiary/aromatic N) is 1. The highest BCUT2D eigenvalue weighted by Crippen LogP contribution is 2.22. The molecule has 6 heteroatoms. The molecule has 0 radical (unpaired) electrons. The Morgan fingerprint density at radius 1 is 1.16 bits per heavy atom. The van der Waals surface area contributed by atoms with Crippen LogP contribution in [0.25, 0.3) is 0 Å². The van der Waals surface area contributed by atoms with Crippen molar-refractivity contribution in [2.45, 2.75) is 52.5 Å². The van der Waals surface area contributed by atoms with Crippen molar-refractivity contribution in [3.05, 3.63) is 52.4 Å². The summed E-state index contributed by atoms with van der Waals surface area (Å²) in [4.78, 5) is 23.6. The summed E-state index contributed by atoms with van der Waals surface area (Å²) in [6, 6.07) is 7.11. The van der Waals surface area contributed by atoms with Gasteiger partial charge in [0.1, 0.15) is 5.76 Å². The maximum Gasteiger partial charge on any atom is 0.305 e. The third-order valence-electron chi connectivity index (χ3n) is 4.24. The monoisotopic (exact) mass is 344 g/mol. The van der Waals surface area contributed by atoms with E-state index < -0.39 is 12.0 Å². The van der Waals surface area contributed by atoms with E-state index in [4.69, 9.17) is 9.63 Å². The average Bonchev–Trinajstić information content (AvgIpc) is 2.86. The van der Waals surface area contributed by atoms with Gasteiger partial charge in [-0.15, -0.1) is 0 Å². The van der Waals surface area contributed by atoms with Gasteiger partial charge in [-0.05, 0) is 30.9 Å². The molecule has 2 N–H and O–H groups in total. The largest absolute Gasteiger partial charge is 0.481 e. The van der Waals surface area contributed by atoms with E-state index in [0.29, 0.717) is 17.4 Å². The summed E-state index contributed by atoms with van der Waals surface area (Å²) in [7, 11) is 0. The third-order valence-corrected chi connectivity index (χ3v) is 4.24. The summed E-state index contributed by atoms with van der Waals surface area (Å²) in [6.45, 7) is 7.71. The molecule has 0 aliphatic rings. The van der Waals surface area contributed by atoms with Gasteiger partial charge in [0.05, 0.1) is 24.6 Å². The molecule has 0 fully saturated rings. The fraction of sp³-hybridized carbons (Fsp3) is 0.421. The Morgan fingerprint density at radius 3 is 2.24 bits per heavy atom. The molecular formula is C19H24N2O4. The predicted octanol–water partition coefficient (Wildman–Crippen LogP) is 3.29. The molecule has 0 saturated heterocycles. The smallest absolute Gasteiger partial charge is 0.305 e. The van der Waals surface area contributed by atoms with Crippen molar-refractivity contribution in [2.24, 2.45) is 0 Å². The zero-order chi connectivity index (χ0) is 18.6. The Kier molecular flexibility index (Phi) is 5.96. The Morgan fingerprint density at radius 2 is 1.76 bits per heavy atom. The van der Waals surface area contributed by atoms with Crippen LogP contribution < -0.4 is 5.32 Å². The van der Waals surface area contributed by atoms with Gasteiger partial charge in [0.2, 0.25) is 5.91 Å². The normalized spacial score (nSPS) is 12.2. The van der Waals surface area contributed by atoms with Gasteiger partial charge in [-0.2, -0.15) is 0 Å². The molecule has 0 aliphatic heterocycles. The number of rotatable bonds is 7. The average molecular weight is 344 g/mol. The van der Waals surface area contributed by atoms with Gasteiger partial charge in [0.25, 0.3) is 0 Å². The summed E-state index contributed by atoms with van der Waals surface area (Å²) < 4.78 is 5.06. The summed E-state index contributed by atoms with van der Waals surface area (Å²) in [5, 5.41) is 15.8. The van der Waals surface area contributed by atoms with Crippen LogP contribution in [0.4, 0.5) is 0 Å². The molecule has 1 aromatic heterocycles. The lowest BCUT2D eigenvalue weighted by molar-refractivity contribution is -0.137. The number of carbonyl (C=O) groups excluding carboxylic acids is 1. The van der Waals surface area contributed by atoms with E-state index in [1.807, 2.05) is 24.3 Å². The van der Waals surface area contributed by atoms with Crippen LogP contribution in [-0.4, -0.2) is 22.1 Å². The molecule has 1 heterocycles. The molecule has 134 valence electrons. The molecule has 0 bridgehead atoms. The highest BCUT2D eigenvalue weighted by atomic mass is 16.5. The topological polar surface area (TPSA) is 92.4 Å². The Labute approximate surface area is 147 Å². The number of aromatic nitrogens is 1. The quantitative estimate of drug-likeness (QED) is 0.804. The minimum atomic E-state index is -0.962. The van der Waals surface area contributed by atoms with Crippen LogP contribution in [0.2, 0.25) is 0 Å². The van der Waals surface area contributed by atoms with E-state index in [1.165, 1.54) is 5.56 Å². The van der Waals surface area contributed by atoms with Crippen LogP contribution in [0.1, 0.15) is 60.4 Å². The first-order chi connectivity index (χ1) is 11.8. The van der Waals surface area contributed by atoms with Crippen molar-refractivity contribution in [3.8, 4) is 0 Å². The van der Waals surface area contributed by atoms with Gasteiger partial charge < -0.3 is 14.9 Å². The van der Waals surface area contributed by atoms with Crippen molar-refractivity contribution >= 4 is 11.9 Å². The van der Waals surface area contributed by atoms with Crippen molar-refractivity contribution < 1.29 is 19.2 Å². The van der Waals surface area contributed by atoms with Crippen molar-refractivity contribution in [1.82, 2.24) is 10.5 Å². The summed E-state index contributed by atoms with van der Waals surface area (Å²) in [6.07, 6.45) is -0.0598. The van der Waals surface area contributed by atoms with Crippen LogP contribution in [-0.2, 0) is 16.0 Å². The fourth-order valence-corrected chi connectivity index (χ4v) is 2.70. The second kappa shape index (κ2) is 7.96. The SMILES string of the molecule is Cc1noc(C)c1CC(=O)N[C@H](CC(=O)O)c1ccc(C(C)C)cc1. The maximum atomic E-state index is 12.4. The number of carboxylic acids is 1. The number of hydrogen-bond donors (Lipinski definition) is 2. The molecule has 1 aromatic carbocycles. The van der Waals surface area contributed by atoms with Gasteiger partial charge in [-0.25, -0.2) is 0 Å². The molecule has 1 amide bonds. The molecule has 1 atom stereocenters. The number of amides is 1. The Balaban J connectivity index is 2.14. The minimum Gasteiger partial charge on any atom is -0.481 e. The lowest BCUT2D eigenvalue weighted by Gasteiger charge is -2.18. The Hall–Kier alpha value is -2.63. The third kappa shape index (κ3) is 4.92. The Bertz CT molecular complexity index is 728. The number of carboxylic acid groups (broad SMARTS) is 1. The molecule has 0 aliphatic carbocycles. The molecular weight excluding hydrogens is 320 g/mol. The van der Waals surface area contributed by atoms with Crippen molar-refractivity contribution in [3.63, 3.8) is 0 Å². The van der Waals surface area contributed by atoms with Crippen LogP contribution >= 0.6 is 0 Å². The van der Waals surface area contributed by atoms with E-state index >= 15 is 0 Å². The van der Waals surface area contributed by atoms with Gasteiger partial charge in [0.15, 0.2) is 0 Å². The number of nitrogens with one attached hydrogen (secondary N) is 1. The van der Waals surface area contributed by atoms with E-state index in [0.717, 1.165) is 11.1 Å². The second-order valence-corrected chi connectivity index (χ2v) is 6.52. The second-order valence-electron chi connectivity index (χ2n) is 6.52. The van der Waals surface area contributed by atoms with Crippen molar-refractivity contribution in [2.75, 3.05) is 0 Å². The van der Waals surface area contributed by atoms with E-state index in [2.05, 4.69) is 24.3 Å². The first-order valence-electron chi connectivity index (χ1n) is 8.30. The number of benzene rings is 1. The van der Waals surface area contributed by atoms with Gasteiger partial charge >= 0.3 is 5.97 Å². The molecule has 25 heavy (non-hydrogen) atoms. The molecule has 0 saturated carbocycles. The lowest BCUT2D eigenvalue weighted by atomic mass is 9.97. The van der Waals surface area contributed by atoms with Crippen LogP contribution in [0.3, 0.4) is 0 Å². The molecule has 0 spiro atoms. The summed E-state index contributed by atoms with van der Waals surface area (Å²) in [5.41, 5.74) is 3.35.